The van der Waals surface area contributed by atoms with Crippen LogP contribution in [0.2, 0.25) is 0 Å². The molecule has 0 aromatic carbocycles. The minimum absolute atomic E-state index is 0.245. The standard InChI is InChI=1S/C9H14N2O3/c1-5-8(12)14-11(6-2)9(13)10-7(3)4/h5H,1,6H2,2-4H3. The molecule has 0 rings (SSSR count). The third-order valence-corrected chi connectivity index (χ3v) is 1.19. The number of hydrogen-bond acceptors (Lipinski definition) is 3. The van der Waals surface area contributed by atoms with Crippen LogP contribution >= 0.6 is 0 Å². The zero-order chi connectivity index (χ0) is 11.1. The quantitative estimate of drug-likeness (QED) is 0.384. The van der Waals surface area contributed by atoms with Crippen molar-refractivity contribution in [2.24, 2.45) is 4.99 Å². The van der Waals surface area contributed by atoms with Crippen LogP contribution in [0.1, 0.15) is 20.8 Å². The van der Waals surface area contributed by atoms with Gasteiger partial charge in [0.2, 0.25) is 0 Å². The lowest BCUT2D eigenvalue weighted by atomic mass is 10.5. The third kappa shape index (κ3) is 4.39. The summed E-state index contributed by atoms with van der Waals surface area (Å²) in [5.41, 5.74) is 0.600. The molecule has 5 heteroatoms. The molecule has 0 aromatic rings. The molecule has 78 valence electrons. The predicted octanol–water partition coefficient (Wildman–Crippen LogP) is 1.55. The highest BCUT2D eigenvalue weighted by atomic mass is 16.7. The van der Waals surface area contributed by atoms with Gasteiger partial charge in [0.05, 0.1) is 6.54 Å². The minimum Gasteiger partial charge on any atom is -0.332 e. The Morgan fingerprint density at radius 1 is 1.50 bits per heavy atom. The third-order valence-electron chi connectivity index (χ3n) is 1.19. The van der Waals surface area contributed by atoms with E-state index in [1.54, 1.807) is 20.8 Å². The fourth-order valence-electron chi connectivity index (χ4n) is 0.632. The van der Waals surface area contributed by atoms with E-state index in [4.69, 9.17) is 0 Å². The zero-order valence-corrected chi connectivity index (χ0v) is 8.61. The van der Waals surface area contributed by atoms with E-state index in [9.17, 15) is 9.59 Å². The maximum Gasteiger partial charge on any atom is 0.376 e. The number of carbonyl (C=O) groups excluding carboxylic acids is 2. The van der Waals surface area contributed by atoms with Gasteiger partial charge in [-0.2, -0.15) is 5.06 Å². The molecule has 0 aromatic heterocycles. The van der Waals surface area contributed by atoms with E-state index in [0.29, 0.717) is 5.71 Å². The lowest BCUT2D eigenvalue weighted by Gasteiger charge is -2.15. The van der Waals surface area contributed by atoms with E-state index in [-0.39, 0.29) is 6.54 Å². The highest BCUT2D eigenvalue weighted by Gasteiger charge is 2.13. The lowest BCUT2D eigenvalue weighted by Crippen LogP contribution is -2.31. The second kappa shape index (κ2) is 5.90. The van der Waals surface area contributed by atoms with Crippen molar-refractivity contribution in [3.63, 3.8) is 0 Å². The number of urea groups is 1. The van der Waals surface area contributed by atoms with Crippen LogP contribution in [0.4, 0.5) is 4.79 Å². The van der Waals surface area contributed by atoms with Crippen LogP contribution in [0.15, 0.2) is 17.6 Å². The fraction of sp³-hybridized carbons (Fsp3) is 0.444. The molecule has 14 heavy (non-hydrogen) atoms. The van der Waals surface area contributed by atoms with Gasteiger partial charge in [0.15, 0.2) is 0 Å². The molecule has 0 bridgehead atoms. The first-order chi connectivity index (χ1) is 6.51. The Hall–Kier alpha value is -1.65. The normalized spacial score (nSPS) is 8.79. The molecule has 5 nitrogen and oxygen atoms in total. The van der Waals surface area contributed by atoms with Gasteiger partial charge in [-0.1, -0.05) is 6.58 Å². The molecule has 0 radical (unpaired) electrons. The van der Waals surface area contributed by atoms with Crippen molar-refractivity contribution >= 4 is 17.7 Å². The van der Waals surface area contributed by atoms with E-state index in [2.05, 4.69) is 16.4 Å². The summed E-state index contributed by atoms with van der Waals surface area (Å²) in [6.07, 6.45) is 0.985. The molecule has 0 N–H and O–H groups in total. The largest absolute Gasteiger partial charge is 0.376 e. The Balaban J connectivity index is 4.41. The smallest absolute Gasteiger partial charge is 0.332 e. The molecule has 0 saturated heterocycles. The summed E-state index contributed by atoms with van der Waals surface area (Å²) in [6.45, 7) is 8.50. The van der Waals surface area contributed by atoms with Gasteiger partial charge in [-0.15, -0.1) is 0 Å². The van der Waals surface area contributed by atoms with Crippen LogP contribution in [0.5, 0.6) is 0 Å². The molecule has 0 aliphatic heterocycles. The maximum absolute atomic E-state index is 11.3. The maximum atomic E-state index is 11.3. The van der Waals surface area contributed by atoms with Crippen molar-refractivity contribution in [2.45, 2.75) is 20.8 Å². The zero-order valence-electron chi connectivity index (χ0n) is 8.61. The van der Waals surface area contributed by atoms with Gasteiger partial charge >= 0.3 is 12.0 Å². The minimum atomic E-state index is -0.677. The first kappa shape index (κ1) is 12.3. The summed E-state index contributed by atoms with van der Waals surface area (Å²) in [6, 6.07) is -0.595. The Kier molecular flexibility index (Phi) is 5.21. The second-order valence-electron chi connectivity index (χ2n) is 2.65. The second-order valence-corrected chi connectivity index (χ2v) is 2.65. The van der Waals surface area contributed by atoms with Crippen molar-refractivity contribution in [2.75, 3.05) is 6.54 Å². The first-order valence-electron chi connectivity index (χ1n) is 4.19. The highest BCUT2D eigenvalue weighted by molar-refractivity contribution is 5.92. The van der Waals surface area contributed by atoms with Gasteiger partial charge in [-0.05, 0) is 20.8 Å². The van der Waals surface area contributed by atoms with Crippen molar-refractivity contribution in [3.05, 3.63) is 12.7 Å². The molecular formula is C9H14N2O3. The SMILES string of the molecule is C=CC(=O)ON(CC)C(=O)N=C(C)C. The summed E-state index contributed by atoms with van der Waals surface area (Å²) in [5.74, 6) is -0.677. The van der Waals surface area contributed by atoms with Gasteiger partial charge < -0.3 is 4.84 Å². The summed E-state index contributed by atoms with van der Waals surface area (Å²) in [5, 5.41) is 0.872. The average molecular weight is 198 g/mol. The molecule has 0 heterocycles. The van der Waals surface area contributed by atoms with E-state index < -0.39 is 12.0 Å². The van der Waals surface area contributed by atoms with Gasteiger partial charge in [0, 0.05) is 11.8 Å². The lowest BCUT2D eigenvalue weighted by molar-refractivity contribution is -0.168. The van der Waals surface area contributed by atoms with Gasteiger partial charge in [0.25, 0.3) is 0 Å². The molecule has 0 aliphatic carbocycles. The van der Waals surface area contributed by atoms with Crippen LogP contribution in [0, 0.1) is 0 Å². The van der Waals surface area contributed by atoms with Crippen LogP contribution < -0.4 is 0 Å². The van der Waals surface area contributed by atoms with Crippen LogP contribution in [0.25, 0.3) is 0 Å². The van der Waals surface area contributed by atoms with E-state index in [0.717, 1.165) is 11.1 Å². The molecule has 0 fully saturated rings. The molecule has 0 atom stereocenters. The summed E-state index contributed by atoms with van der Waals surface area (Å²) in [4.78, 5) is 30.3. The van der Waals surface area contributed by atoms with E-state index in [1.165, 1.54) is 0 Å². The van der Waals surface area contributed by atoms with Crippen molar-refractivity contribution < 1.29 is 14.4 Å². The topological polar surface area (TPSA) is 59.0 Å². The van der Waals surface area contributed by atoms with Crippen LogP contribution in [-0.2, 0) is 9.63 Å². The molecule has 0 unspecified atom stereocenters. The van der Waals surface area contributed by atoms with Crippen molar-refractivity contribution in [1.82, 2.24) is 5.06 Å². The first-order valence-corrected chi connectivity index (χ1v) is 4.19. The number of hydroxylamine groups is 2. The number of hydrogen-bond donors (Lipinski definition) is 0. The van der Waals surface area contributed by atoms with Crippen molar-refractivity contribution in [1.29, 1.82) is 0 Å². The molecule has 0 aliphatic rings. The number of amides is 2. The molecule has 2 amide bonds. The number of rotatable bonds is 2. The Morgan fingerprint density at radius 3 is 2.43 bits per heavy atom. The van der Waals surface area contributed by atoms with Gasteiger partial charge in [0.1, 0.15) is 0 Å². The molecular weight excluding hydrogens is 184 g/mol. The van der Waals surface area contributed by atoms with Crippen LogP contribution in [0.3, 0.4) is 0 Å². The highest BCUT2D eigenvalue weighted by Crippen LogP contribution is 1.96. The summed E-state index contributed by atoms with van der Waals surface area (Å²) < 4.78 is 0. The monoisotopic (exact) mass is 198 g/mol. The number of aliphatic imine (C=N–C) groups is 1. The molecule has 0 spiro atoms. The van der Waals surface area contributed by atoms with Gasteiger partial charge in [-0.3, -0.25) is 0 Å². The predicted molar refractivity (Wildman–Crippen MR) is 52.8 cm³/mol. The number of carbonyl (C=O) groups is 2. The Morgan fingerprint density at radius 2 is 2.07 bits per heavy atom. The Bertz CT molecular complexity index is 267. The summed E-state index contributed by atoms with van der Waals surface area (Å²) in [7, 11) is 0. The van der Waals surface area contributed by atoms with E-state index >= 15 is 0 Å². The Labute approximate surface area is 83.0 Å². The molecule has 0 saturated carbocycles. The average Bonchev–Trinajstić information content (AvgIpc) is 2.12. The van der Waals surface area contributed by atoms with E-state index in [1.807, 2.05) is 0 Å². The van der Waals surface area contributed by atoms with Crippen LogP contribution in [-0.4, -0.2) is 29.3 Å². The van der Waals surface area contributed by atoms with Crippen molar-refractivity contribution in [3.8, 4) is 0 Å². The van der Waals surface area contributed by atoms with Gasteiger partial charge in [-0.25, -0.2) is 14.6 Å². The summed E-state index contributed by atoms with van der Waals surface area (Å²) >= 11 is 0. The number of nitrogens with zero attached hydrogens (tertiary/aromatic N) is 2. The fourth-order valence-corrected chi connectivity index (χ4v) is 0.632.